The lowest BCUT2D eigenvalue weighted by atomic mass is 10.4. The Morgan fingerprint density at radius 3 is 2.43 bits per heavy atom. The Morgan fingerprint density at radius 1 is 1.07 bits per heavy atom. The average molecular weight is 423 g/mol. The van der Waals surface area contributed by atoms with Crippen molar-refractivity contribution < 1.29 is 4.74 Å². The average Bonchev–Trinajstić information content (AvgIpc) is 3.73. The van der Waals surface area contributed by atoms with E-state index in [0.29, 0.717) is 30.1 Å². The number of hydrogen-bond donors (Lipinski definition) is 1. The van der Waals surface area contributed by atoms with Gasteiger partial charge in [0.1, 0.15) is 21.7 Å². The Labute approximate surface area is 181 Å². The molecule has 2 saturated carbocycles. The van der Waals surface area contributed by atoms with Crippen LogP contribution >= 0.6 is 11.3 Å². The molecular weight excluding hydrogens is 396 g/mol. The Balaban J connectivity index is 0.000000273. The predicted molar refractivity (Wildman–Crippen MR) is 118 cm³/mol. The van der Waals surface area contributed by atoms with Crippen molar-refractivity contribution in [3.63, 3.8) is 0 Å². The first-order valence-electron chi connectivity index (χ1n) is 9.99. The number of ether oxygens (including phenoxy) is 1. The highest BCUT2D eigenvalue weighted by molar-refractivity contribution is 7.11. The van der Waals surface area contributed by atoms with Crippen molar-refractivity contribution in [2.75, 3.05) is 11.9 Å². The van der Waals surface area contributed by atoms with Gasteiger partial charge in [-0.3, -0.25) is 4.98 Å². The second-order valence-electron chi connectivity index (χ2n) is 7.08. The minimum absolute atomic E-state index is 0.642. The maximum atomic E-state index is 5.73. The highest BCUT2D eigenvalue weighted by atomic mass is 32.1. The molecule has 1 N–H and O–H groups in total. The van der Waals surface area contributed by atoms with Crippen LogP contribution in [0.5, 0.6) is 5.88 Å². The highest BCUT2D eigenvalue weighted by Crippen LogP contribution is 2.41. The van der Waals surface area contributed by atoms with Crippen molar-refractivity contribution >= 4 is 17.2 Å². The van der Waals surface area contributed by atoms with Crippen LogP contribution in [0.25, 0.3) is 0 Å². The van der Waals surface area contributed by atoms with Crippen molar-refractivity contribution in [3.8, 4) is 18.7 Å². The molecule has 7 nitrogen and oxygen atoms in total. The minimum atomic E-state index is 0.642. The lowest BCUT2D eigenvalue weighted by Crippen LogP contribution is -2.06. The molecule has 3 aromatic rings. The Kier molecular flexibility index (Phi) is 8.10. The van der Waals surface area contributed by atoms with Crippen molar-refractivity contribution in [3.05, 3.63) is 52.5 Å². The van der Waals surface area contributed by atoms with E-state index in [0.717, 1.165) is 17.4 Å². The summed E-state index contributed by atoms with van der Waals surface area (Å²) < 4.78 is 5.73. The lowest BCUT2D eigenvalue weighted by molar-refractivity contribution is 0.287. The van der Waals surface area contributed by atoms with Gasteiger partial charge in [0.15, 0.2) is 0 Å². The third kappa shape index (κ3) is 7.41. The van der Waals surface area contributed by atoms with E-state index in [1.807, 2.05) is 31.2 Å². The monoisotopic (exact) mass is 422 g/mol. The molecule has 0 spiro atoms. The first kappa shape index (κ1) is 21.7. The fraction of sp³-hybridized carbons (Fsp3) is 0.409. The molecule has 0 aliphatic heterocycles. The first-order valence-corrected chi connectivity index (χ1v) is 10.8. The van der Waals surface area contributed by atoms with Gasteiger partial charge in [-0.2, -0.15) is 4.98 Å². The van der Waals surface area contributed by atoms with E-state index in [2.05, 4.69) is 43.3 Å². The summed E-state index contributed by atoms with van der Waals surface area (Å²) in [7, 11) is 0. The van der Waals surface area contributed by atoms with Gasteiger partial charge in [-0.25, -0.2) is 4.98 Å². The molecule has 8 heteroatoms. The van der Waals surface area contributed by atoms with Crippen LogP contribution in [0.3, 0.4) is 0 Å². The second kappa shape index (κ2) is 11.2. The number of pyridine rings is 1. The van der Waals surface area contributed by atoms with E-state index in [-0.39, 0.29) is 0 Å². The van der Waals surface area contributed by atoms with Gasteiger partial charge in [-0.1, -0.05) is 17.4 Å². The van der Waals surface area contributed by atoms with Gasteiger partial charge in [0.25, 0.3) is 0 Å². The molecule has 3 aromatic heterocycles. The van der Waals surface area contributed by atoms with E-state index in [1.165, 1.54) is 30.7 Å². The van der Waals surface area contributed by atoms with Crippen LogP contribution in [0.1, 0.15) is 47.4 Å². The number of rotatable bonds is 7. The number of nitrogens with one attached hydrogen (secondary N) is 1. The van der Waals surface area contributed by atoms with Gasteiger partial charge in [0, 0.05) is 24.4 Å². The molecule has 2 aliphatic rings. The zero-order valence-corrected chi connectivity index (χ0v) is 17.9. The van der Waals surface area contributed by atoms with Crippen molar-refractivity contribution in [1.29, 1.82) is 0 Å². The molecule has 2 aliphatic carbocycles. The maximum absolute atomic E-state index is 5.73. The smallest absolute Gasteiger partial charge is 0.218 e. The number of anilines is 1. The summed E-state index contributed by atoms with van der Waals surface area (Å²) in [6, 6.07) is 7.57. The van der Waals surface area contributed by atoms with Crippen molar-refractivity contribution in [2.24, 2.45) is 5.92 Å². The van der Waals surface area contributed by atoms with E-state index < -0.39 is 0 Å². The SMILES string of the molecule is C#C.Cc1nc(NCc2nnc(C3CC3)s2)cc(OCC2CC2)n1.c1ccncc1. The number of aryl methyl sites for hydroxylation is 1. The van der Waals surface area contributed by atoms with Gasteiger partial charge < -0.3 is 10.1 Å². The summed E-state index contributed by atoms with van der Waals surface area (Å²) in [5.74, 6) is 3.52. The van der Waals surface area contributed by atoms with Crippen LogP contribution in [0.2, 0.25) is 0 Å². The molecule has 0 unspecified atom stereocenters. The van der Waals surface area contributed by atoms with Crippen LogP contribution in [0.15, 0.2) is 36.7 Å². The molecule has 0 atom stereocenters. The van der Waals surface area contributed by atoms with Crippen LogP contribution in [-0.2, 0) is 6.54 Å². The summed E-state index contributed by atoms with van der Waals surface area (Å²) in [4.78, 5) is 12.5. The molecule has 3 heterocycles. The van der Waals surface area contributed by atoms with Crippen LogP contribution < -0.4 is 10.1 Å². The molecule has 5 rings (SSSR count). The topological polar surface area (TPSA) is 85.7 Å². The molecule has 0 radical (unpaired) electrons. The van der Waals surface area contributed by atoms with Crippen LogP contribution in [0.4, 0.5) is 5.82 Å². The van der Waals surface area contributed by atoms with E-state index in [4.69, 9.17) is 4.74 Å². The quantitative estimate of drug-likeness (QED) is 0.570. The molecular formula is C22H26N6OS. The zero-order chi connectivity index (χ0) is 21.2. The Bertz CT molecular complexity index is 895. The highest BCUT2D eigenvalue weighted by Gasteiger charge is 2.27. The second-order valence-corrected chi connectivity index (χ2v) is 8.17. The lowest BCUT2D eigenvalue weighted by Gasteiger charge is -2.08. The maximum Gasteiger partial charge on any atom is 0.218 e. The molecule has 0 aromatic carbocycles. The van der Waals surface area contributed by atoms with Crippen LogP contribution in [0, 0.1) is 25.7 Å². The summed E-state index contributed by atoms with van der Waals surface area (Å²) in [5, 5.41) is 14.0. The third-order valence-electron chi connectivity index (χ3n) is 4.37. The van der Waals surface area contributed by atoms with Gasteiger partial charge >= 0.3 is 0 Å². The van der Waals surface area contributed by atoms with Gasteiger partial charge in [-0.15, -0.1) is 23.0 Å². The van der Waals surface area contributed by atoms with E-state index in [9.17, 15) is 0 Å². The van der Waals surface area contributed by atoms with E-state index >= 15 is 0 Å². The fourth-order valence-electron chi connectivity index (χ4n) is 2.50. The first-order chi connectivity index (χ1) is 14.8. The minimum Gasteiger partial charge on any atom is -0.477 e. The number of hydrogen-bond acceptors (Lipinski definition) is 8. The Morgan fingerprint density at radius 2 is 1.83 bits per heavy atom. The van der Waals surface area contributed by atoms with E-state index in [1.54, 1.807) is 23.7 Å². The van der Waals surface area contributed by atoms with Gasteiger partial charge in [0.2, 0.25) is 5.88 Å². The largest absolute Gasteiger partial charge is 0.477 e. The number of terminal acetylenes is 1. The summed E-state index contributed by atoms with van der Waals surface area (Å²) in [6.07, 6.45) is 16.6. The van der Waals surface area contributed by atoms with Crippen LogP contribution in [-0.4, -0.2) is 31.8 Å². The normalized spacial score (nSPS) is 14.5. The Hall–Kier alpha value is -3.05. The fourth-order valence-corrected chi connectivity index (χ4v) is 3.46. The molecule has 0 amide bonds. The molecule has 0 bridgehead atoms. The third-order valence-corrected chi connectivity index (χ3v) is 5.46. The summed E-state index contributed by atoms with van der Waals surface area (Å²) in [6.45, 7) is 3.28. The summed E-state index contributed by atoms with van der Waals surface area (Å²) in [5.41, 5.74) is 0. The number of aromatic nitrogens is 5. The van der Waals surface area contributed by atoms with Gasteiger partial charge in [0.05, 0.1) is 13.2 Å². The van der Waals surface area contributed by atoms with Gasteiger partial charge in [-0.05, 0) is 50.7 Å². The standard InChI is InChI=1S/C15H19N5OS.C5H5N.C2H2/c1-9-17-12(6-13(18-9)21-8-10-2-3-10)16-7-14-19-20-15(22-14)11-4-5-11;1-2-4-6-5-3-1;1-2/h6,10-11H,2-5,7-8H2,1H3,(H,16,17,18);1-5H;1-2H. The molecule has 30 heavy (non-hydrogen) atoms. The molecule has 2 fully saturated rings. The number of nitrogens with zero attached hydrogens (tertiary/aromatic N) is 5. The molecule has 0 saturated heterocycles. The summed E-state index contributed by atoms with van der Waals surface area (Å²) >= 11 is 1.69. The van der Waals surface area contributed by atoms with Crippen molar-refractivity contribution in [2.45, 2.75) is 45.1 Å². The van der Waals surface area contributed by atoms with Crippen molar-refractivity contribution in [1.82, 2.24) is 25.1 Å². The molecule has 156 valence electrons. The predicted octanol–water partition coefficient (Wildman–Crippen LogP) is 4.25. The zero-order valence-electron chi connectivity index (χ0n) is 17.1.